The van der Waals surface area contributed by atoms with Crippen LogP contribution in [0.3, 0.4) is 0 Å². The van der Waals surface area contributed by atoms with Crippen LogP contribution in [0, 0.1) is 6.92 Å². The molecule has 0 spiro atoms. The van der Waals surface area contributed by atoms with Gasteiger partial charge in [0.2, 0.25) is 5.78 Å². The van der Waals surface area contributed by atoms with E-state index in [1.807, 2.05) is 37.3 Å². The van der Waals surface area contributed by atoms with Crippen LogP contribution in [0.15, 0.2) is 36.4 Å². The second-order valence-corrected chi connectivity index (χ2v) is 7.05. The van der Waals surface area contributed by atoms with Gasteiger partial charge in [-0.3, -0.25) is 4.79 Å². The SMILES string of the molecule is Cc1ccc2[nH]c(C(=O)c3ccc4c(c3)C(Cl)=CC4)c(Cl)c2c1Cl. The first-order valence-electron chi connectivity index (χ1n) is 7.47. The standard InChI is InChI=1S/C19H12Cl3NO/c1-9-2-7-14-15(16(9)21)17(22)18(23-14)19(24)11-4-3-10-5-6-13(20)12(10)8-11/h2-4,6-8,23H,5H2,1H3. The highest BCUT2D eigenvalue weighted by atomic mass is 35.5. The Kier molecular flexibility index (Phi) is 3.72. The maximum absolute atomic E-state index is 12.9. The second kappa shape index (κ2) is 5.66. The number of carbonyl (C=O) groups is 1. The van der Waals surface area contributed by atoms with Gasteiger partial charge in [-0.15, -0.1) is 0 Å². The fourth-order valence-electron chi connectivity index (χ4n) is 3.04. The van der Waals surface area contributed by atoms with Crippen molar-refractivity contribution < 1.29 is 4.79 Å². The molecule has 1 aliphatic rings. The largest absolute Gasteiger partial charge is 0.350 e. The summed E-state index contributed by atoms with van der Waals surface area (Å²) in [7, 11) is 0. The van der Waals surface area contributed by atoms with Gasteiger partial charge in [-0.1, -0.05) is 59.1 Å². The van der Waals surface area contributed by atoms with Crippen molar-refractivity contribution in [2.45, 2.75) is 13.3 Å². The summed E-state index contributed by atoms with van der Waals surface area (Å²) in [4.78, 5) is 16.0. The van der Waals surface area contributed by atoms with E-state index in [0.717, 1.165) is 28.6 Å². The van der Waals surface area contributed by atoms with Crippen molar-refractivity contribution >= 4 is 56.5 Å². The van der Waals surface area contributed by atoms with E-state index >= 15 is 0 Å². The molecule has 1 heterocycles. The van der Waals surface area contributed by atoms with Gasteiger partial charge in [-0.2, -0.15) is 0 Å². The molecule has 0 radical (unpaired) electrons. The smallest absolute Gasteiger partial charge is 0.210 e. The molecule has 0 unspecified atom stereocenters. The number of rotatable bonds is 2. The van der Waals surface area contributed by atoms with Crippen molar-refractivity contribution in [3.8, 4) is 0 Å². The third kappa shape index (κ3) is 2.29. The number of aromatic nitrogens is 1. The number of nitrogens with one attached hydrogen (secondary N) is 1. The second-order valence-electron chi connectivity index (χ2n) is 5.89. The molecule has 0 amide bonds. The third-order valence-corrected chi connectivity index (χ3v) is 5.61. The number of carbonyl (C=O) groups excluding carboxylic acids is 1. The van der Waals surface area contributed by atoms with Gasteiger partial charge in [-0.05, 0) is 42.2 Å². The van der Waals surface area contributed by atoms with Crippen LogP contribution < -0.4 is 0 Å². The number of aromatic amines is 1. The Bertz CT molecular complexity index is 1050. The minimum Gasteiger partial charge on any atom is -0.350 e. The maximum Gasteiger partial charge on any atom is 0.210 e. The molecule has 2 aromatic carbocycles. The highest BCUT2D eigenvalue weighted by Gasteiger charge is 2.22. The predicted molar refractivity (Wildman–Crippen MR) is 100 cm³/mol. The summed E-state index contributed by atoms with van der Waals surface area (Å²) in [6.07, 6.45) is 2.74. The van der Waals surface area contributed by atoms with Gasteiger partial charge in [0.25, 0.3) is 0 Å². The Balaban J connectivity index is 1.85. The van der Waals surface area contributed by atoms with E-state index < -0.39 is 0 Å². The van der Waals surface area contributed by atoms with E-state index in [0.29, 0.717) is 31.7 Å². The molecular formula is C19H12Cl3NO. The summed E-state index contributed by atoms with van der Waals surface area (Å²) in [6, 6.07) is 9.33. The number of ketones is 1. The Hall–Kier alpha value is -1.74. The first-order chi connectivity index (χ1) is 11.5. The minimum atomic E-state index is -0.177. The van der Waals surface area contributed by atoms with E-state index in [-0.39, 0.29) is 5.78 Å². The van der Waals surface area contributed by atoms with Crippen molar-refractivity contribution in [1.29, 1.82) is 0 Å². The molecule has 120 valence electrons. The van der Waals surface area contributed by atoms with Crippen LogP contribution in [0.25, 0.3) is 15.9 Å². The van der Waals surface area contributed by atoms with Crippen LogP contribution in [-0.2, 0) is 6.42 Å². The topological polar surface area (TPSA) is 32.9 Å². The molecule has 2 nitrogen and oxygen atoms in total. The molecule has 0 saturated heterocycles. The molecular weight excluding hydrogens is 365 g/mol. The molecule has 0 fully saturated rings. The molecule has 5 heteroatoms. The number of allylic oxidation sites excluding steroid dienone is 1. The van der Waals surface area contributed by atoms with Crippen LogP contribution in [0.1, 0.15) is 32.7 Å². The summed E-state index contributed by atoms with van der Waals surface area (Å²) < 4.78 is 0. The Morgan fingerprint density at radius 1 is 1.08 bits per heavy atom. The fourth-order valence-corrected chi connectivity index (χ4v) is 3.93. The van der Waals surface area contributed by atoms with E-state index in [2.05, 4.69) is 4.98 Å². The van der Waals surface area contributed by atoms with Crippen molar-refractivity contribution in [2.24, 2.45) is 0 Å². The Morgan fingerprint density at radius 3 is 2.67 bits per heavy atom. The quantitative estimate of drug-likeness (QED) is 0.535. The van der Waals surface area contributed by atoms with Gasteiger partial charge < -0.3 is 4.98 Å². The van der Waals surface area contributed by atoms with E-state index in [1.54, 1.807) is 6.07 Å². The highest BCUT2D eigenvalue weighted by molar-refractivity contribution is 6.49. The van der Waals surface area contributed by atoms with Crippen LogP contribution in [0.5, 0.6) is 0 Å². The summed E-state index contributed by atoms with van der Waals surface area (Å²) >= 11 is 19.0. The number of benzene rings is 2. The molecule has 1 aromatic heterocycles. The van der Waals surface area contributed by atoms with Crippen molar-refractivity contribution in [2.75, 3.05) is 0 Å². The zero-order valence-electron chi connectivity index (χ0n) is 12.7. The van der Waals surface area contributed by atoms with Gasteiger partial charge in [-0.25, -0.2) is 0 Å². The van der Waals surface area contributed by atoms with Crippen molar-refractivity contribution in [1.82, 2.24) is 4.98 Å². The first kappa shape index (κ1) is 15.8. The van der Waals surface area contributed by atoms with Gasteiger partial charge in [0.15, 0.2) is 0 Å². The summed E-state index contributed by atoms with van der Waals surface area (Å²) in [5.74, 6) is -0.177. The number of fused-ring (bicyclic) bond motifs is 2. The van der Waals surface area contributed by atoms with Crippen molar-refractivity contribution in [3.05, 3.63) is 74.4 Å². The Labute approximate surface area is 154 Å². The minimum absolute atomic E-state index is 0.177. The molecule has 24 heavy (non-hydrogen) atoms. The molecule has 0 bridgehead atoms. The lowest BCUT2D eigenvalue weighted by Gasteiger charge is -2.05. The molecule has 1 N–H and O–H groups in total. The lowest BCUT2D eigenvalue weighted by molar-refractivity contribution is 0.103. The Morgan fingerprint density at radius 2 is 1.88 bits per heavy atom. The zero-order valence-corrected chi connectivity index (χ0v) is 15.0. The normalized spacial score (nSPS) is 13.2. The van der Waals surface area contributed by atoms with E-state index in [9.17, 15) is 4.79 Å². The van der Waals surface area contributed by atoms with E-state index in [1.165, 1.54) is 0 Å². The number of aryl methyl sites for hydroxylation is 1. The number of H-pyrrole nitrogens is 1. The highest BCUT2D eigenvalue weighted by Crippen LogP contribution is 2.37. The molecule has 4 rings (SSSR count). The van der Waals surface area contributed by atoms with Crippen LogP contribution in [0.4, 0.5) is 0 Å². The van der Waals surface area contributed by atoms with Gasteiger partial charge >= 0.3 is 0 Å². The van der Waals surface area contributed by atoms with Gasteiger partial charge in [0.1, 0.15) is 5.69 Å². The first-order valence-corrected chi connectivity index (χ1v) is 8.60. The molecule has 0 aliphatic heterocycles. The molecule has 0 saturated carbocycles. The van der Waals surface area contributed by atoms with Crippen LogP contribution in [0.2, 0.25) is 10.0 Å². The lowest BCUT2D eigenvalue weighted by atomic mass is 10.0. The van der Waals surface area contributed by atoms with Crippen LogP contribution >= 0.6 is 34.8 Å². The van der Waals surface area contributed by atoms with Gasteiger partial charge in [0, 0.05) is 21.5 Å². The average molecular weight is 377 g/mol. The zero-order chi connectivity index (χ0) is 17.0. The average Bonchev–Trinajstić information content (AvgIpc) is 3.11. The predicted octanol–water partition coefficient (Wildman–Crippen LogP) is 6.15. The van der Waals surface area contributed by atoms with Crippen LogP contribution in [-0.4, -0.2) is 10.8 Å². The summed E-state index contributed by atoms with van der Waals surface area (Å²) in [6.45, 7) is 1.90. The lowest BCUT2D eigenvalue weighted by Crippen LogP contribution is -2.03. The van der Waals surface area contributed by atoms with Gasteiger partial charge in [0.05, 0.1) is 10.0 Å². The molecule has 0 atom stereocenters. The summed E-state index contributed by atoms with van der Waals surface area (Å²) in [5.41, 5.74) is 4.58. The van der Waals surface area contributed by atoms with Crippen molar-refractivity contribution in [3.63, 3.8) is 0 Å². The monoisotopic (exact) mass is 375 g/mol. The third-order valence-electron chi connectivity index (χ3n) is 4.39. The maximum atomic E-state index is 12.9. The number of hydrogen-bond acceptors (Lipinski definition) is 1. The number of halogens is 3. The summed E-state index contributed by atoms with van der Waals surface area (Å²) in [5, 5.41) is 2.28. The van der Waals surface area contributed by atoms with E-state index in [4.69, 9.17) is 34.8 Å². The molecule has 1 aliphatic carbocycles. The number of hydrogen-bond donors (Lipinski definition) is 1. The molecule has 3 aromatic rings. The fraction of sp³-hybridized carbons (Fsp3) is 0.105.